The van der Waals surface area contributed by atoms with E-state index < -0.39 is 11.6 Å². The van der Waals surface area contributed by atoms with Gasteiger partial charge >= 0.3 is 0 Å². The number of thiazole rings is 1. The molecule has 0 spiro atoms. The molecule has 1 aliphatic rings. The molecule has 9 heteroatoms. The summed E-state index contributed by atoms with van der Waals surface area (Å²) in [6.45, 7) is 1.02. The summed E-state index contributed by atoms with van der Waals surface area (Å²) in [7, 11) is 0. The molecule has 6 nitrogen and oxygen atoms in total. The van der Waals surface area contributed by atoms with Crippen molar-refractivity contribution in [3.63, 3.8) is 0 Å². The summed E-state index contributed by atoms with van der Waals surface area (Å²) in [6, 6.07) is 10.5. The number of fused-ring (bicyclic) bond motifs is 2. The van der Waals surface area contributed by atoms with Crippen molar-refractivity contribution in [2.24, 2.45) is 0 Å². The fraction of sp³-hybridized carbons (Fsp3) is 0.136. The Morgan fingerprint density at radius 3 is 2.61 bits per heavy atom. The molecule has 2 aromatic heterocycles. The molecule has 0 fully saturated rings. The van der Waals surface area contributed by atoms with Gasteiger partial charge in [0.1, 0.15) is 24.5 Å². The summed E-state index contributed by atoms with van der Waals surface area (Å²) >= 11 is 1.05. The highest BCUT2D eigenvalue weighted by molar-refractivity contribution is 7.22. The van der Waals surface area contributed by atoms with Gasteiger partial charge in [-0.05, 0) is 42.0 Å². The number of rotatable bonds is 4. The zero-order valence-electron chi connectivity index (χ0n) is 16.0. The Labute approximate surface area is 179 Å². The summed E-state index contributed by atoms with van der Waals surface area (Å²) < 4.78 is 39.3. The minimum atomic E-state index is -0.770. The van der Waals surface area contributed by atoms with Crippen molar-refractivity contribution in [2.75, 3.05) is 18.1 Å². The van der Waals surface area contributed by atoms with E-state index in [9.17, 15) is 13.6 Å². The maximum atomic E-state index is 14.2. The normalized spacial score (nSPS) is 12.7. The number of benzene rings is 2. The minimum absolute atomic E-state index is 0.0242. The van der Waals surface area contributed by atoms with E-state index in [-0.39, 0.29) is 23.1 Å². The molecular formula is C22H15F2N3O3S. The number of hydrogen-bond acceptors (Lipinski definition) is 6. The Balaban J connectivity index is 1.57. The van der Waals surface area contributed by atoms with E-state index in [1.807, 2.05) is 0 Å². The van der Waals surface area contributed by atoms with Gasteiger partial charge in [-0.2, -0.15) is 0 Å². The number of halogens is 2. The van der Waals surface area contributed by atoms with Crippen molar-refractivity contribution < 1.29 is 23.0 Å². The van der Waals surface area contributed by atoms with Crippen LogP contribution >= 0.6 is 11.3 Å². The van der Waals surface area contributed by atoms with Gasteiger partial charge in [-0.3, -0.25) is 14.7 Å². The lowest BCUT2D eigenvalue weighted by Crippen LogP contribution is -2.30. The number of carbonyl (C=O) groups excluding carboxylic acids is 1. The van der Waals surface area contributed by atoms with Gasteiger partial charge in [-0.25, -0.2) is 13.8 Å². The van der Waals surface area contributed by atoms with Crippen molar-refractivity contribution in [2.45, 2.75) is 6.54 Å². The van der Waals surface area contributed by atoms with Gasteiger partial charge in [-0.1, -0.05) is 11.3 Å². The summed E-state index contributed by atoms with van der Waals surface area (Å²) in [5.74, 6) is -0.764. The molecule has 0 N–H and O–H groups in total. The second-order valence-electron chi connectivity index (χ2n) is 6.84. The van der Waals surface area contributed by atoms with Crippen molar-refractivity contribution in [1.82, 2.24) is 9.97 Å². The fourth-order valence-corrected chi connectivity index (χ4v) is 4.29. The van der Waals surface area contributed by atoms with Crippen molar-refractivity contribution in [3.8, 4) is 11.5 Å². The molecule has 0 aliphatic carbocycles. The second kappa shape index (κ2) is 7.92. The van der Waals surface area contributed by atoms with Gasteiger partial charge in [0.2, 0.25) is 0 Å². The van der Waals surface area contributed by atoms with Gasteiger partial charge in [0.05, 0.1) is 11.2 Å². The van der Waals surface area contributed by atoms with Crippen LogP contribution in [-0.2, 0) is 6.54 Å². The van der Waals surface area contributed by atoms with Gasteiger partial charge < -0.3 is 9.47 Å². The van der Waals surface area contributed by atoms with Crippen LogP contribution in [0.25, 0.3) is 10.2 Å². The molecule has 0 radical (unpaired) electrons. The Morgan fingerprint density at radius 1 is 1.03 bits per heavy atom. The van der Waals surface area contributed by atoms with Gasteiger partial charge in [-0.15, -0.1) is 0 Å². The predicted octanol–water partition coefficient (Wildman–Crippen LogP) is 4.59. The number of pyridine rings is 1. The number of anilines is 1. The Morgan fingerprint density at radius 2 is 1.81 bits per heavy atom. The van der Waals surface area contributed by atoms with Crippen LogP contribution in [0, 0.1) is 11.6 Å². The summed E-state index contributed by atoms with van der Waals surface area (Å²) in [6.07, 6.45) is 3.24. The molecule has 2 aromatic carbocycles. The molecule has 156 valence electrons. The largest absolute Gasteiger partial charge is 0.486 e. The highest BCUT2D eigenvalue weighted by Gasteiger charge is 2.25. The van der Waals surface area contributed by atoms with E-state index in [4.69, 9.17) is 9.47 Å². The first kappa shape index (κ1) is 19.4. The number of aromatic nitrogens is 2. The molecule has 5 rings (SSSR count). The summed E-state index contributed by atoms with van der Waals surface area (Å²) in [5, 5.41) is 0.260. The topological polar surface area (TPSA) is 64.6 Å². The molecule has 3 heterocycles. The Kier molecular flexibility index (Phi) is 4.95. The van der Waals surface area contributed by atoms with Crippen LogP contribution in [0.5, 0.6) is 11.5 Å². The molecule has 0 bridgehead atoms. The zero-order valence-corrected chi connectivity index (χ0v) is 16.9. The van der Waals surface area contributed by atoms with Crippen molar-refractivity contribution in [1.29, 1.82) is 0 Å². The Hall–Kier alpha value is -3.59. The first-order chi connectivity index (χ1) is 15.1. The van der Waals surface area contributed by atoms with Gasteiger partial charge in [0.25, 0.3) is 5.91 Å². The van der Waals surface area contributed by atoms with Crippen LogP contribution in [0.15, 0.2) is 54.9 Å². The highest BCUT2D eigenvalue weighted by Crippen LogP contribution is 2.35. The van der Waals surface area contributed by atoms with Crippen LogP contribution in [0.2, 0.25) is 0 Å². The van der Waals surface area contributed by atoms with Crippen LogP contribution in [0.3, 0.4) is 0 Å². The first-order valence-corrected chi connectivity index (χ1v) is 10.3. The maximum Gasteiger partial charge on any atom is 0.260 e. The number of ether oxygens (including phenoxy) is 2. The van der Waals surface area contributed by atoms with Crippen molar-refractivity contribution >= 4 is 32.6 Å². The standard InChI is InChI=1S/C22H15F2N3O3S/c23-15-10-16(24)20-19(11-15)31-22(26-20)27(12-13-3-5-25-6-4-13)21(28)14-1-2-17-18(9-14)30-8-7-29-17/h1-6,9-11H,7-8,12H2. The molecular weight excluding hydrogens is 424 g/mol. The van der Waals surface area contributed by atoms with E-state index in [1.165, 1.54) is 11.0 Å². The minimum Gasteiger partial charge on any atom is -0.486 e. The smallest absolute Gasteiger partial charge is 0.260 e. The lowest BCUT2D eigenvalue weighted by Gasteiger charge is -2.22. The zero-order chi connectivity index (χ0) is 21.4. The van der Waals surface area contributed by atoms with Crippen LogP contribution < -0.4 is 14.4 Å². The Bertz CT molecular complexity index is 1280. The van der Waals surface area contributed by atoms with E-state index in [1.54, 1.807) is 42.7 Å². The third-order valence-corrected chi connectivity index (χ3v) is 5.78. The SMILES string of the molecule is O=C(c1ccc2c(c1)OCCO2)N(Cc1ccncc1)c1nc2c(F)cc(F)cc2s1. The monoisotopic (exact) mass is 439 g/mol. The molecule has 0 saturated carbocycles. The van der Waals surface area contributed by atoms with E-state index in [0.29, 0.717) is 35.0 Å². The quantitative estimate of drug-likeness (QED) is 0.466. The first-order valence-electron chi connectivity index (χ1n) is 9.44. The van der Waals surface area contributed by atoms with E-state index >= 15 is 0 Å². The number of nitrogens with zero attached hydrogens (tertiary/aromatic N) is 3. The average molecular weight is 439 g/mol. The molecule has 0 unspecified atom stereocenters. The third kappa shape index (κ3) is 3.79. The summed E-state index contributed by atoms with van der Waals surface area (Å²) in [4.78, 5) is 23.2. The highest BCUT2D eigenvalue weighted by atomic mass is 32.1. The van der Waals surface area contributed by atoms with Crippen LogP contribution in [0.1, 0.15) is 15.9 Å². The van der Waals surface area contributed by atoms with E-state index in [0.717, 1.165) is 23.0 Å². The number of amides is 1. The lowest BCUT2D eigenvalue weighted by molar-refractivity contribution is 0.0984. The fourth-order valence-electron chi connectivity index (χ4n) is 3.29. The van der Waals surface area contributed by atoms with Crippen LogP contribution in [-0.4, -0.2) is 29.1 Å². The number of carbonyl (C=O) groups is 1. The molecule has 1 aliphatic heterocycles. The molecule has 0 saturated heterocycles. The third-order valence-electron chi connectivity index (χ3n) is 4.76. The van der Waals surface area contributed by atoms with Gasteiger partial charge in [0, 0.05) is 24.0 Å². The molecule has 1 amide bonds. The van der Waals surface area contributed by atoms with Gasteiger partial charge in [0.15, 0.2) is 22.4 Å². The molecule has 4 aromatic rings. The molecule has 31 heavy (non-hydrogen) atoms. The predicted molar refractivity (Wildman–Crippen MR) is 112 cm³/mol. The number of hydrogen-bond donors (Lipinski definition) is 0. The lowest BCUT2D eigenvalue weighted by atomic mass is 10.1. The second-order valence-corrected chi connectivity index (χ2v) is 7.85. The molecule has 0 atom stereocenters. The van der Waals surface area contributed by atoms with Crippen LogP contribution in [0.4, 0.5) is 13.9 Å². The van der Waals surface area contributed by atoms with E-state index in [2.05, 4.69) is 9.97 Å². The maximum absolute atomic E-state index is 14.2. The van der Waals surface area contributed by atoms with Crippen molar-refractivity contribution in [3.05, 3.63) is 77.6 Å². The average Bonchev–Trinajstić information content (AvgIpc) is 3.21. The summed E-state index contributed by atoms with van der Waals surface area (Å²) in [5.41, 5.74) is 1.20.